The topological polar surface area (TPSA) is 54.3 Å². The molecule has 1 fully saturated rings. The maximum atomic E-state index is 13.0. The highest BCUT2D eigenvalue weighted by atomic mass is 35.5. The highest BCUT2D eigenvalue weighted by molar-refractivity contribution is 6.33. The summed E-state index contributed by atoms with van der Waals surface area (Å²) in [7, 11) is 0. The van der Waals surface area contributed by atoms with E-state index in [-0.39, 0.29) is 10.9 Å². The summed E-state index contributed by atoms with van der Waals surface area (Å²) in [5.41, 5.74) is 2.45. The van der Waals surface area contributed by atoms with Gasteiger partial charge in [0, 0.05) is 43.6 Å². The Morgan fingerprint density at radius 2 is 1.65 bits per heavy atom. The van der Waals surface area contributed by atoms with Gasteiger partial charge in [0.05, 0.1) is 21.6 Å². The number of alkyl halides is 3. The molecule has 1 aliphatic rings. The minimum atomic E-state index is -4.50. The summed E-state index contributed by atoms with van der Waals surface area (Å²) in [5.74, 6) is 0.187. The Hall–Kier alpha value is -3.59. The van der Waals surface area contributed by atoms with E-state index in [1.165, 1.54) is 0 Å². The van der Waals surface area contributed by atoms with Crippen molar-refractivity contribution in [2.24, 2.45) is 0 Å². The number of hydrogen-bond donors (Lipinski definition) is 0. The molecule has 0 bridgehead atoms. The second-order valence-corrected chi connectivity index (χ2v) is 8.36. The molecule has 174 valence electrons. The van der Waals surface area contributed by atoms with E-state index < -0.39 is 11.7 Å². The van der Waals surface area contributed by atoms with E-state index in [2.05, 4.69) is 9.97 Å². The average Bonchev–Trinajstić information content (AvgIpc) is 3.27. The van der Waals surface area contributed by atoms with Crippen LogP contribution in [-0.2, 0) is 6.18 Å². The van der Waals surface area contributed by atoms with Crippen LogP contribution in [0.5, 0.6) is 0 Å². The third-order valence-electron chi connectivity index (χ3n) is 5.86. The smallest absolute Gasteiger partial charge is 0.352 e. The number of anilines is 1. The van der Waals surface area contributed by atoms with Gasteiger partial charge in [0.1, 0.15) is 12.1 Å². The molecule has 0 saturated carbocycles. The molecule has 6 nitrogen and oxygen atoms in total. The lowest BCUT2D eigenvalue weighted by molar-refractivity contribution is -0.137. The minimum Gasteiger partial charge on any atom is -0.352 e. The first-order chi connectivity index (χ1) is 16.3. The third-order valence-corrected chi connectivity index (χ3v) is 6.14. The Morgan fingerprint density at radius 3 is 2.32 bits per heavy atom. The number of nitrogens with zero attached hydrogens (tertiary/aromatic N) is 5. The molecule has 1 aliphatic heterocycles. The molecule has 4 aromatic rings. The van der Waals surface area contributed by atoms with Gasteiger partial charge in [0.25, 0.3) is 5.91 Å². The van der Waals surface area contributed by atoms with E-state index in [0.29, 0.717) is 37.6 Å². The van der Waals surface area contributed by atoms with Crippen molar-refractivity contribution in [1.29, 1.82) is 0 Å². The zero-order chi connectivity index (χ0) is 23.9. The van der Waals surface area contributed by atoms with Crippen LogP contribution in [0.4, 0.5) is 19.0 Å². The van der Waals surface area contributed by atoms with E-state index in [0.717, 1.165) is 29.0 Å². The second-order valence-electron chi connectivity index (χ2n) is 7.96. The lowest BCUT2D eigenvalue weighted by Gasteiger charge is -2.35. The summed E-state index contributed by atoms with van der Waals surface area (Å²) in [6, 6.07) is 16.0. The van der Waals surface area contributed by atoms with Gasteiger partial charge in [-0.05, 0) is 42.5 Å². The fourth-order valence-corrected chi connectivity index (χ4v) is 4.34. The van der Waals surface area contributed by atoms with Crippen LogP contribution < -0.4 is 4.90 Å². The molecular weight excluding hydrogens is 467 g/mol. The molecule has 0 spiro atoms. The molecule has 3 heterocycles. The minimum absolute atomic E-state index is 0.0581. The normalized spacial score (nSPS) is 14.6. The first-order valence-electron chi connectivity index (χ1n) is 10.6. The van der Waals surface area contributed by atoms with Crippen molar-refractivity contribution in [3.05, 3.63) is 83.3 Å². The first kappa shape index (κ1) is 22.2. The van der Waals surface area contributed by atoms with E-state index >= 15 is 0 Å². The summed E-state index contributed by atoms with van der Waals surface area (Å²) in [6.45, 7) is 1.66. The molecule has 0 unspecified atom stereocenters. The SMILES string of the molecule is O=C(c1ccc(-n2cnc3ccccc32)cc1)N1CCN(c2ncc(C(F)(F)F)cc2Cl)CC1. The largest absolute Gasteiger partial charge is 0.417 e. The van der Waals surface area contributed by atoms with E-state index in [1.807, 2.05) is 41.0 Å². The Balaban J connectivity index is 1.25. The molecule has 5 rings (SSSR count). The molecule has 1 amide bonds. The monoisotopic (exact) mass is 485 g/mol. The van der Waals surface area contributed by atoms with Gasteiger partial charge >= 0.3 is 6.18 Å². The fourth-order valence-electron chi connectivity index (χ4n) is 4.05. The number of carbonyl (C=O) groups excluding carboxylic acids is 1. The van der Waals surface area contributed by atoms with Crippen LogP contribution in [0, 0.1) is 0 Å². The second kappa shape index (κ2) is 8.64. The number of para-hydroxylation sites is 2. The summed E-state index contributed by atoms with van der Waals surface area (Å²) >= 11 is 6.07. The Labute approximate surface area is 198 Å². The molecule has 0 radical (unpaired) electrons. The Kier molecular flexibility index (Phi) is 5.65. The van der Waals surface area contributed by atoms with Crippen LogP contribution in [0.1, 0.15) is 15.9 Å². The number of amides is 1. The molecule has 34 heavy (non-hydrogen) atoms. The van der Waals surface area contributed by atoms with E-state index in [1.54, 1.807) is 28.3 Å². The van der Waals surface area contributed by atoms with Crippen molar-refractivity contribution in [3.63, 3.8) is 0 Å². The van der Waals surface area contributed by atoms with Crippen LogP contribution in [0.2, 0.25) is 5.02 Å². The predicted octanol–water partition coefficient (Wildman–Crippen LogP) is 5.06. The van der Waals surface area contributed by atoms with Gasteiger partial charge in [0.15, 0.2) is 0 Å². The molecule has 10 heteroatoms. The Morgan fingerprint density at radius 1 is 0.941 bits per heavy atom. The zero-order valence-electron chi connectivity index (χ0n) is 17.8. The average molecular weight is 486 g/mol. The first-order valence-corrected chi connectivity index (χ1v) is 11.0. The molecule has 2 aromatic carbocycles. The van der Waals surface area contributed by atoms with Gasteiger partial charge in [-0.15, -0.1) is 0 Å². The highest BCUT2D eigenvalue weighted by Crippen LogP contribution is 2.33. The number of imidazole rings is 1. The third kappa shape index (κ3) is 4.19. The summed E-state index contributed by atoms with van der Waals surface area (Å²) in [4.78, 5) is 24.8. The van der Waals surface area contributed by atoms with Gasteiger partial charge in [-0.25, -0.2) is 9.97 Å². The summed E-state index contributed by atoms with van der Waals surface area (Å²) < 4.78 is 40.5. The fraction of sp³-hybridized carbons (Fsp3) is 0.208. The number of hydrogen-bond acceptors (Lipinski definition) is 4. The van der Waals surface area contributed by atoms with Crippen molar-refractivity contribution in [1.82, 2.24) is 19.4 Å². The van der Waals surface area contributed by atoms with Crippen LogP contribution in [0.3, 0.4) is 0 Å². The highest BCUT2D eigenvalue weighted by Gasteiger charge is 2.32. The number of fused-ring (bicyclic) bond motifs is 1. The maximum Gasteiger partial charge on any atom is 0.417 e. The number of aromatic nitrogens is 3. The summed E-state index contributed by atoms with van der Waals surface area (Å²) in [6.07, 6.45) is -1.97. The standard InChI is InChI=1S/C24H19ClF3N5O/c25-19-13-17(24(26,27)28)14-29-22(19)31-9-11-32(12-10-31)23(34)16-5-7-18(8-6-16)33-15-30-20-3-1-2-4-21(20)33/h1-8,13-15H,9-12H2. The van der Waals surface area contributed by atoms with Crippen molar-refractivity contribution in [2.75, 3.05) is 31.1 Å². The van der Waals surface area contributed by atoms with Crippen LogP contribution in [-0.4, -0.2) is 51.5 Å². The van der Waals surface area contributed by atoms with Gasteiger partial charge < -0.3 is 9.80 Å². The quantitative estimate of drug-likeness (QED) is 0.407. The number of benzene rings is 2. The lowest BCUT2D eigenvalue weighted by atomic mass is 10.1. The zero-order valence-corrected chi connectivity index (χ0v) is 18.6. The maximum absolute atomic E-state index is 13.0. The number of halogens is 4. The molecule has 1 saturated heterocycles. The molecule has 0 aliphatic carbocycles. The number of rotatable bonds is 3. The van der Waals surface area contributed by atoms with E-state index in [9.17, 15) is 18.0 Å². The number of piperazine rings is 1. The molecular formula is C24H19ClF3N5O. The van der Waals surface area contributed by atoms with Crippen LogP contribution >= 0.6 is 11.6 Å². The molecule has 2 aromatic heterocycles. The van der Waals surface area contributed by atoms with Crippen molar-refractivity contribution < 1.29 is 18.0 Å². The lowest BCUT2D eigenvalue weighted by Crippen LogP contribution is -2.49. The van der Waals surface area contributed by atoms with Gasteiger partial charge in [-0.1, -0.05) is 23.7 Å². The van der Waals surface area contributed by atoms with Crippen molar-refractivity contribution in [3.8, 4) is 5.69 Å². The van der Waals surface area contributed by atoms with Gasteiger partial charge in [-0.3, -0.25) is 9.36 Å². The van der Waals surface area contributed by atoms with Crippen molar-refractivity contribution >= 4 is 34.4 Å². The van der Waals surface area contributed by atoms with Gasteiger partial charge in [0.2, 0.25) is 0 Å². The summed E-state index contributed by atoms with van der Waals surface area (Å²) in [5, 5.41) is -0.0581. The number of carbonyl (C=O) groups is 1. The van der Waals surface area contributed by atoms with E-state index in [4.69, 9.17) is 11.6 Å². The molecule has 0 atom stereocenters. The van der Waals surface area contributed by atoms with Gasteiger partial charge in [-0.2, -0.15) is 13.2 Å². The Bertz CT molecular complexity index is 1340. The van der Waals surface area contributed by atoms with Crippen molar-refractivity contribution in [2.45, 2.75) is 6.18 Å². The predicted molar refractivity (Wildman–Crippen MR) is 123 cm³/mol. The van der Waals surface area contributed by atoms with Crippen LogP contribution in [0.15, 0.2) is 67.1 Å². The van der Waals surface area contributed by atoms with Crippen LogP contribution in [0.25, 0.3) is 16.7 Å². The number of pyridine rings is 1. The molecule has 0 N–H and O–H groups in total.